The van der Waals surface area contributed by atoms with Gasteiger partial charge in [-0.2, -0.15) is 4.98 Å². The van der Waals surface area contributed by atoms with E-state index >= 15 is 0 Å². The van der Waals surface area contributed by atoms with Gasteiger partial charge in [0.05, 0.1) is 0 Å². The fourth-order valence-electron chi connectivity index (χ4n) is 3.24. The zero-order chi connectivity index (χ0) is 23.2. The van der Waals surface area contributed by atoms with E-state index in [4.69, 9.17) is 0 Å². The van der Waals surface area contributed by atoms with Crippen LogP contribution < -0.4 is 21.3 Å². The van der Waals surface area contributed by atoms with Crippen LogP contribution in [0.15, 0.2) is 78.9 Å². The van der Waals surface area contributed by atoms with Crippen molar-refractivity contribution in [3.05, 3.63) is 95.7 Å². The van der Waals surface area contributed by atoms with Gasteiger partial charge in [0, 0.05) is 34.5 Å². The van der Waals surface area contributed by atoms with Crippen LogP contribution in [0.2, 0.25) is 0 Å². The molecule has 0 spiro atoms. The molecule has 7 heteroatoms. The van der Waals surface area contributed by atoms with Gasteiger partial charge in [-0.3, -0.25) is 0 Å². The SMILES string of the molecule is Cc1ccc(Nc2cc(C)nc(Nc3ccc(NC(=O)Nc4ccccc4C)cc3)n2)cc1. The van der Waals surface area contributed by atoms with Crippen LogP contribution in [0.5, 0.6) is 0 Å². The first-order chi connectivity index (χ1) is 15.9. The van der Waals surface area contributed by atoms with Gasteiger partial charge in [0.1, 0.15) is 5.82 Å². The van der Waals surface area contributed by atoms with Gasteiger partial charge in [0.2, 0.25) is 5.95 Å². The number of aryl methyl sites for hydroxylation is 3. The van der Waals surface area contributed by atoms with Crippen molar-refractivity contribution in [2.24, 2.45) is 0 Å². The van der Waals surface area contributed by atoms with E-state index in [0.29, 0.717) is 17.5 Å². The van der Waals surface area contributed by atoms with E-state index in [0.717, 1.165) is 28.3 Å². The van der Waals surface area contributed by atoms with E-state index in [2.05, 4.69) is 38.2 Å². The maximum atomic E-state index is 12.3. The van der Waals surface area contributed by atoms with Crippen LogP contribution in [0.4, 0.5) is 39.3 Å². The van der Waals surface area contributed by atoms with Gasteiger partial charge in [0.25, 0.3) is 0 Å². The van der Waals surface area contributed by atoms with Crippen LogP contribution in [0.25, 0.3) is 0 Å². The number of rotatable bonds is 6. The Morgan fingerprint density at radius 2 is 1.33 bits per heavy atom. The molecule has 0 unspecified atom stereocenters. The minimum atomic E-state index is -0.293. The summed E-state index contributed by atoms with van der Waals surface area (Å²) in [6.07, 6.45) is 0. The summed E-state index contributed by atoms with van der Waals surface area (Å²) in [4.78, 5) is 21.3. The molecular weight excluding hydrogens is 412 g/mol. The minimum absolute atomic E-state index is 0.293. The number of carbonyl (C=O) groups is 1. The van der Waals surface area contributed by atoms with Gasteiger partial charge >= 0.3 is 6.03 Å². The molecule has 3 aromatic carbocycles. The highest BCUT2D eigenvalue weighted by atomic mass is 16.2. The van der Waals surface area contributed by atoms with E-state index in [9.17, 15) is 4.79 Å². The molecule has 33 heavy (non-hydrogen) atoms. The Hall–Kier alpha value is -4.39. The lowest BCUT2D eigenvalue weighted by atomic mass is 10.2. The monoisotopic (exact) mass is 438 g/mol. The molecule has 0 aliphatic carbocycles. The third kappa shape index (κ3) is 6.07. The number of para-hydroxylation sites is 1. The van der Waals surface area contributed by atoms with Gasteiger partial charge < -0.3 is 21.3 Å². The lowest BCUT2D eigenvalue weighted by molar-refractivity contribution is 0.262. The number of hydrogen-bond acceptors (Lipinski definition) is 5. The molecule has 4 rings (SSSR count). The summed E-state index contributed by atoms with van der Waals surface area (Å²) in [7, 11) is 0. The second-order valence-corrected chi connectivity index (χ2v) is 7.81. The number of nitrogens with one attached hydrogen (secondary N) is 4. The summed E-state index contributed by atoms with van der Waals surface area (Å²) >= 11 is 0. The Morgan fingerprint density at radius 1 is 0.697 bits per heavy atom. The molecule has 1 heterocycles. The van der Waals surface area contributed by atoms with E-state index in [-0.39, 0.29) is 6.03 Å². The van der Waals surface area contributed by atoms with Crippen LogP contribution in [0.3, 0.4) is 0 Å². The largest absolute Gasteiger partial charge is 0.340 e. The highest BCUT2D eigenvalue weighted by Gasteiger charge is 2.06. The molecule has 0 fully saturated rings. The smallest absolute Gasteiger partial charge is 0.323 e. The summed E-state index contributed by atoms with van der Waals surface area (Å²) in [6, 6.07) is 24.7. The Morgan fingerprint density at radius 3 is 2.06 bits per heavy atom. The number of benzene rings is 3. The van der Waals surface area contributed by atoms with Crippen molar-refractivity contribution in [1.29, 1.82) is 0 Å². The molecule has 0 radical (unpaired) electrons. The van der Waals surface area contributed by atoms with Crippen molar-refractivity contribution < 1.29 is 4.79 Å². The topological polar surface area (TPSA) is 91.0 Å². The molecule has 2 amide bonds. The van der Waals surface area contributed by atoms with Gasteiger partial charge in [-0.25, -0.2) is 9.78 Å². The van der Waals surface area contributed by atoms with Crippen LogP contribution in [-0.4, -0.2) is 16.0 Å². The van der Waals surface area contributed by atoms with Gasteiger partial charge in [0.15, 0.2) is 0 Å². The molecule has 0 bridgehead atoms. The molecule has 4 aromatic rings. The lowest BCUT2D eigenvalue weighted by Crippen LogP contribution is -2.19. The van der Waals surface area contributed by atoms with E-state index < -0.39 is 0 Å². The normalized spacial score (nSPS) is 10.4. The van der Waals surface area contributed by atoms with E-state index in [1.807, 2.05) is 92.7 Å². The number of anilines is 6. The minimum Gasteiger partial charge on any atom is -0.340 e. The van der Waals surface area contributed by atoms with Crippen molar-refractivity contribution >= 4 is 40.5 Å². The van der Waals surface area contributed by atoms with Crippen molar-refractivity contribution in [3.8, 4) is 0 Å². The molecule has 1 aromatic heterocycles. The maximum absolute atomic E-state index is 12.3. The number of carbonyl (C=O) groups excluding carboxylic acids is 1. The second kappa shape index (κ2) is 9.82. The Kier molecular flexibility index (Phi) is 6.50. The third-order valence-corrected chi connectivity index (χ3v) is 4.97. The molecule has 166 valence electrons. The van der Waals surface area contributed by atoms with Crippen LogP contribution in [0, 0.1) is 20.8 Å². The molecular formula is C26H26N6O. The number of nitrogens with zero attached hydrogens (tertiary/aromatic N) is 2. The zero-order valence-corrected chi connectivity index (χ0v) is 18.8. The highest BCUT2D eigenvalue weighted by Crippen LogP contribution is 2.21. The summed E-state index contributed by atoms with van der Waals surface area (Å²) in [6.45, 7) is 5.93. The zero-order valence-electron chi connectivity index (χ0n) is 18.8. The molecule has 0 saturated carbocycles. The molecule has 7 nitrogen and oxygen atoms in total. The van der Waals surface area contributed by atoms with Crippen LogP contribution >= 0.6 is 0 Å². The molecule has 0 aliphatic rings. The fraction of sp³-hybridized carbons (Fsp3) is 0.115. The van der Waals surface area contributed by atoms with E-state index in [1.54, 1.807) is 0 Å². The first-order valence-electron chi connectivity index (χ1n) is 10.6. The van der Waals surface area contributed by atoms with Gasteiger partial charge in [-0.1, -0.05) is 35.9 Å². The van der Waals surface area contributed by atoms with Gasteiger partial charge in [-0.15, -0.1) is 0 Å². The number of aromatic nitrogens is 2. The van der Waals surface area contributed by atoms with Crippen LogP contribution in [0.1, 0.15) is 16.8 Å². The Bertz CT molecular complexity index is 1250. The Labute approximate surface area is 193 Å². The lowest BCUT2D eigenvalue weighted by Gasteiger charge is -2.12. The summed E-state index contributed by atoms with van der Waals surface area (Å²) in [5.74, 6) is 1.20. The first-order valence-corrected chi connectivity index (χ1v) is 10.6. The molecule has 4 N–H and O–H groups in total. The molecule has 0 saturated heterocycles. The fourth-order valence-corrected chi connectivity index (χ4v) is 3.24. The number of hydrogen-bond donors (Lipinski definition) is 4. The number of urea groups is 1. The third-order valence-electron chi connectivity index (χ3n) is 4.97. The predicted octanol–water partition coefficient (Wildman–Crippen LogP) is 6.53. The van der Waals surface area contributed by atoms with Crippen molar-refractivity contribution in [1.82, 2.24) is 9.97 Å². The maximum Gasteiger partial charge on any atom is 0.323 e. The average molecular weight is 439 g/mol. The molecule has 0 atom stereocenters. The highest BCUT2D eigenvalue weighted by molar-refractivity contribution is 6.00. The predicted molar refractivity (Wildman–Crippen MR) is 135 cm³/mol. The quantitative estimate of drug-likeness (QED) is 0.275. The number of amides is 2. The van der Waals surface area contributed by atoms with Gasteiger partial charge in [-0.05, 0) is 68.8 Å². The van der Waals surface area contributed by atoms with Crippen LogP contribution in [-0.2, 0) is 0 Å². The second-order valence-electron chi connectivity index (χ2n) is 7.81. The average Bonchev–Trinajstić information content (AvgIpc) is 2.78. The summed E-state index contributed by atoms with van der Waals surface area (Å²) in [5.41, 5.74) is 6.27. The first kappa shape index (κ1) is 21.8. The summed E-state index contributed by atoms with van der Waals surface area (Å²) in [5, 5.41) is 12.2. The Balaban J connectivity index is 1.39. The van der Waals surface area contributed by atoms with Crippen molar-refractivity contribution in [2.75, 3.05) is 21.3 Å². The van der Waals surface area contributed by atoms with Crippen molar-refractivity contribution in [3.63, 3.8) is 0 Å². The van der Waals surface area contributed by atoms with Crippen molar-refractivity contribution in [2.45, 2.75) is 20.8 Å². The summed E-state index contributed by atoms with van der Waals surface area (Å²) < 4.78 is 0. The standard InChI is InChI=1S/C26H26N6O/c1-17-8-10-20(11-9-17)28-24-16-19(3)27-25(32-24)29-21-12-14-22(15-13-21)30-26(33)31-23-7-5-4-6-18(23)2/h4-16H,1-3H3,(H2,30,31,33)(H2,27,28,29,32). The van der Waals surface area contributed by atoms with E-state index in [1.165, 1.54) is 5.56 Å². The molecule has 0 aliphatic heterocycles.